The molecule has 0 bridgehead atoms. The molecule has 1 unspecified atom stereocenters. The Morgan fingerprint density at radius 3 is 2.42 bits per heavy atom. The van der Waals surface area contributed by atoms with Crippen molar-refractivity contribution in [3.8, 4) is 0 Å². The lowest BCUT2D eigenvalue weighted by atomic mass is 9.73. The van der Waals surface area contributed by atoms with Crippen molar-refractivity contribution in [3.05, 3.63) is 81.6 Å². The summed E-state index contributed by atoms with van der Waals surface area (Å²) < 4.78 is 10.3. The topological polar surface area (TPSA) is 139 Å². The van der Waals surface area contributed by atoms with Gasteiger partial charge in [-0.25, -0.2) is 4.79 Å². The summed E-state index contributed by atoms with van der Waals surface area (Å²) in [6, 6.07) is 12.7. The standard InChI is InChI=1S/C21H24Cl2N4O2.C11H13NO3.C4H10/c1-4-11(2)17(19-27-24-10-29-19)26-20(28)21(3)6-5-16-14(9-21)13-7-12(22)8-15(23)18(13)25-16;1-9(13)7-12-11(14)15-8-10-5-3-2-4-6-10;1-3-4-2/h7-8,10-11,17,25H,4-6,9H2,1-3H3,(H,26,28);2-6H,7-8H2,1H3,(H,12,14);3-4H2,1-2H3/t11?,17-,21+;;/m0../s1. The minimum Gasteiger partial charge on any atom is -0.445 e. The second-order valence-electron chi connectivity index (χ2n) is 12.4. The lowest BCUT2D eigenvalue weighted by Gasteiger charge is -2.34. The van der Waals surface area contributed by atoms with Crippen molar-refractivity contribution in [1.82, 2.24) is 25.8 Å². The Bertz CT molecular complexity index is 1620. The number of unbranched alkanes of at least 4 members (excludes halogenated alkanes) is 1. The highest BCUT2D eigenvalue weighted by Crippen LogP contribution is 2.42. The first kappa shape index (κ1) is 38.6. The molecule has 0 spiro atoms. The molecule has 0 saturated heterocycles. The van der Waals surface area contributed by atoms with Gasteiger partial charge in [-0.05, 0) is 55.4 Å². The van der Waals surface area contributed by atoms with Crippen LogP contribution in [0.1, 0.15) is 96.0 Å². The molecule has 3 atom stereocenters. The van der Waals surface area contributed by atoms with Crippen LogP contribution in [-0.2, 0) is 33.8 Å². The van der Waals surface area contributed by atoms with Crippen LogP contribution < -0.4 is 10.6 Å². The molecule has 0 fully saturated rings. The van der Waals surface area contributed by atoms with Crippen molar-refractivity contribution < 1.29 is 23.5 Å². The molecule has 3 N–H and O–H groups in total. The van der Waals surface area contributed by atoms with E-state index in [9.17, 15) is 14.4 Å². The van der Waals surface area contributed by atoms with Crippen molar-refractivity contribution in [1.29, 1.82) is 0 Å². The number of nitrogens with zero attached hydrogens (tertiary/aromatic N) is 2. The Kier molecular flexibility index (Phi) is 14.9. The monoisotopic (exact) mass is 699 g/mol. The SMILES string of the molecule is CC(=O)CNC(=O)OCc1ccccc1.CCC(C)[C@H](NC(=O)[C@]1(C)CCc2[nH]c3c(Cl)cc(Cl)cc3c2C1)c1nnco1.CCCC. The van der Waals surface area contributed by atoms with E-state index < -0.39 is 11.5 Å². The number of amides is 2. The van der Waals surface area contributed by atoms with Gasteiger partial charge in [-0.1, -0.05) is 107 Å². The highest BCUT2D eigenvalue weighted by Gasteiger charge is 2.40. The number of nitrogens with one attached hydrogen (secondary N) is 3. The average Bonchev–Trinajstić information content (AvgIpc) is 3.74. The van der Waals surface area contributed by atoms with E-state index in [4.69, 9.17) is 32.4 Å². The molecule has 5 rings (SSSR count). The fourth-order valence-electron chi connectivity index (χ4n) is 5.10. The number of halogens is 2. The van der Waals surface area contributed by atoms with E-state index in [2.05, 4.69) is 53.5 Å². The van der Waals surface area contributed by atoms with Crippen molar-refractivity contribution in [2.45, 2.75) is 92.7 Å². The molecule has 2 aromatic heterocycles. The van der Waals surface area contributed by atoms with Gasteiger partial charge in [0.25, 0.3) is 0 Å². The number of rotatable bonds is 10. The summed E-state index contributed by atoms with van der Waals surface area (Å²) in [5.41, 5.74) is 3.49. The van der Waals surface area contributed by atoms with Gasteiger partial charge < -0.3 is 24.8 Å². The summed E-state index contributed by atoms with van der Waals surface area (Å²) in [5, 5.41) is 15.5. The van der Waals surface area contributed by atoms with E-state index >= 15 is 0 Å². The van der Waals surface area contributed by atoms with Crippen molar-refractivity contribution in [2.24, 2.45) is 11.3 Å². The van der Waals surface area contributed by atoms with Gasteiger partial charge in [0.1, 0.15) is 18.4 Å². The van der Waals surface area contributed by atoms with Gasteiger partial charge in [0.15, 0.2) is 0 Å². The number of ketones is 1. The normalized spacial score (nSPS) is 16.2. The molecule has 0 saturated carbocycles. The lowest BCUT2D eigenvalue weighted by molar-refractivity contribution is -0.132. The maximum Gasteiger partial charge on any atom is 0.407 e. The third-order valence-electron chi connectivity index (χ3n) is 8.40. The number of Topliss-reactive ketones (excluding diaryl/α,β-unsaturated/α-hetero) is 1. The van der Waals surface area contributed by atoms with Crippen molar-refractivity contribution >= 4 is 51.9 Å². The van der Waals surface area contributed by atoms with Crippen molar-refractivity contribution in [2.75, 3.05) is 6.54 Å². The first-order chi connectivity index (χ1) is 22.9. The number of hydrogen-bond acceptors (Lipinski definition) is 7. The van der Waals surface area contributed by atoms with Crippen molar-refractivity contribution in [3.63, 3.8) is 0 Å². The number of aromatic nitrogens is 3. The largest absolute Gasteiger partial charge is 0.445 e. The Balaban J connectivity index is 0.000000276. The molecule has 10 nitrogen and oxygen atoms in total. The van der Waals surface area contributed by atoms with Crippen LogP contribution in [0.3, 0.4) is 0 Å². The number of benzene rings is 2. The Morgan fingerprint density at radius 1 is 1.10 bits per heavy atom. The van der Waals surface area contributed by atoms with Gasteiger partial charge in [0.2, 0.25) is 18.2 Å². The van der Waals surface area contributed by atoms with E-state index in [-0.39, 0.29) is 36.8 Å². The zero-order valence-corrected chi connectivity index (χ0v) is 30.1. The van der Waals surface area contributed by atoms with E-state index in [0.29, 0.717) is 22.4 Å². The molecule has 1 aliphatic carbocycles. The zero-order valence-electron chi connectivity index (χ0n) is 28.6. The smallest absolute Gasteiger partial charge is 0.407 e. The first-order valence-electron chi connectivity index (χ1n) is 16.4. The first-order valence-corrected chi connectivity index (χ1v) is 17.2. The van der Waals surface area contributed by atoms with E-state index in [1.54, 1.807) is 6.07 Å². The van der Waals surface area contributed by atoms with Crippen LogP contribution in [0.25, 0.3) is 10.9 Å². The molecule has 2 heterocycles. The number of hydrogen-bond donors (Lipinski definition) is 3. The Labute approximate surface area is 292 Å². The zero-order chi connectivity index (χ0) is 35.3. The van der Waals surface area contributed by atoms with Crippen LogP contribution in [0.5, 0.6) is 0 Å². The second kappa shape index (κ2) is 18.6. The molecule has 12 heteroatoms. The maximum absolute atomic E-state index is 13.4. The molecule has 2 amide bonds. The second-order valence-corrected chi connectivity index (χ2v) is 13.2. The summed E-state index contributed by atoms with van der Waals surface area (Å²) in [7, 11) is 0. The van der Waals surface area contributed by atoms with Gasteiger partial charge in [0.05, 0.1) is 22.5 Å². The fourth-order valence-corrected chi connectivity index (χ4v) is 5.64. The molecule has 2 aromatic carbocycles. The van der Waals surface area contributed by atoms with Gasteiger partial charge in [-0.3, -0.25) is 9.59 Å². The minimum absolute atomic E-state index is 0.00544. The third-order valence-corrected chi connectivity index (χ3v) is 8.92. The van der Waals surface area contributed by atoms with Gasteiger partial charge in [-0.15, -0.1) is 10.2 Å². The number of aryl methyl sites for hydroxylation is 1. The molecular formula is C36H47Cl2N5O5. The number of H-pyrrole nitrogens is 1. The Hall–Kier alpha value is -3.89. The molecule has 48 heavy (non-hydrogen) atoms. The van der Waals surface area contributed by atoms with Crippen LogP contribution in [0, 0.1) is 11.3 Å². The number of fused-ring (bicyclic) bond motifs is 3. The fraction of sp³-hybridized carbons (Fsp3) is 0.472. The molecule has 4 aromatic rings. The summed E-state index contributed by atoms with van der Waals surface area (Å²) in [6.45, 7) is 12.1. The van der Waals surface area contributed by atoms with Gasteiger partial charge in [-0.2, -0.15) is 0 Å². The average molecular weight is 701 g/mol. The minimum atomic E-state index is -0.575. The number of alkyl carbamates (subject to hydrolysis) is 1. The predicted octanol–water partition coefficient (Wildman–Crippen LogP) is 8.56. The Morgan fingerprint density at radius 2 is 1.81 bits per heavy atom. The quantitative estimate of drug-likeness (QED) is 0.151. The summed E-state index contributed by atoms with van der Waals surface area (Å²) in [5.74, 6) is 0.507. The number of carbonyl (C=O) groups is 3. The molecule has 1 aliphatic rings. The number of aromatic amines is 1. The highest BCUT2D eigenvalue weighted by atomic mass is 35.5. The highest BCUT2D eigenvalue weighted by molar-refractivity contribution is 6.38. The summed E-state index contributed by atoms with van der Waals surface area (Å²) in [4.78, 5) is 38.4. The predicted molar refractivity (Wildman–Crippen MR) is 189 cm³/mol. The lowest BCUT2D eigenvalue weighted by Crippen LogP contribution is -2.45. The maximum atomic E-state index is 13.4. The molecule has 0 radical (unpaired) electrons. The van der Waals surface area contributed by atoms with Crippen LogP contribution >= 0.6 is 23.2 Å². The van der Waals surface area contributed by atoms with E-state index in [0.717, 1.165) is 47.0 Å². The van der Waals surface area contributed by atoms with Crippen LogP contribution in [-0.4, -0.2) is 39.5 Å². The summed E-state index contributed by atoms with van der Waals surface area (Å²) >= 11 is 12.6. The van der Waals surface area contributed by atoms with Crippen LogP contribution in [0.15, 0.2) is 53.3 Å². The number of ether oxygens (including phenoxy) is 1. The van der Waals surface area contributed by atoms with Gasteiger partial charge in [0, 0.05) is 16.1 Å². The molecular weight excluding hydrogens is 653 g/mol. The van der Waals surface area contributed by atoms with Gasteiger partial charge >= 0.3 is 6.09 Å². The van der Waals surface area contributed by atoms with E-state index in [1.165, 1.54) is 26.2 Å². The van der Waals surface area contributed by atoms with Crippen LogP contribution in [0.2, 0.25) is 10.0 Å². The third kappa shape index (κ3) is 10.8. The van der Waals surface area contributed by atoms with Crippen LogP contribution in [0.4, 0.5) is 4.79 Å². The molecule has 0 aliphatic heterocycles. The van der Waals surface area contributed by atoms with E-state index in [1.807, 2.05) is 43.3 Å². The summed E-state index contributed by atoms with van der Waals surface area (Å²) in [6.07, 6.45) is 6.37. The molecule has 260 valence electrons. The number of carbonyl (C=O) groups excluding carboxylic acids is 3.